The van der Waals surface area contributed by atoms with Crippen molar-refractivity contribution >= 4 is 11.8 Å². The number of carbonyl (C=O) groups excluding carboxylic acids is 2. The van der Waals surface area contributed by atoms with Gasteiger partial charge in [0.15, 0.2) is 0 Å². The largest absolute Gasteiger partial charge is 0.377 e. The van der Waals surface area contributed by atoms with E-state index in [-0.39, 0.29) is 29.9 Å². The molecular formula is C22H33N3O3. The van der Waals surface area contributed by atoms with Crippen molar-refractivity contribution in [2.75, 3.05) is 13.2 Å². The van der Waals surface area contributed by atoms with Crippen LogP contribution in [0.25, 0.3) is 0 Å². The standard InChI is InChI=1S/C22H33N3O3/c1-2-12-28-20-10-9-16(13-19(20)23)22(27)24-14-17-6-3-4-7-18(17)15-25-11-5-8-21(25)26/h3-4,6-7,16,19-20H,2,5,8-15,23H2,1H3,(H,24,27)/t16-,19+,20+/m0/s1. The van der Waals surface area contributed by atoms with E-state index in [2.05, 4.69) is 12.2 Å². The normalized spacial score (nSPS) is 25.1. The van der Waals surface area contributed by atoms with Crippen LogP contribution in [-0.2, 0) is 27.4 Å². The molecule has 0 radical (unpaired) electrons. The van der Waals surface area contributed by atoms with Crippen LogP contribution >= 0.6 is 0 Å². The zero-order valence-electron chi connectivity index (χ0n) is 16.9. The Morgan fingerprint density at radius 1 is 1.29 bits per heavy atom. The zero-order chi connectivity index (χ0) is 19.9. The van der Waals surface area contributed by atoms with E-state index in [4.69, 9.17) is 10.5 Å². The molecule has 3 N–H and O–H groups in total. The van der Waals surface area contributed by atoms with Gasteiger partial charge >= 0.3 is 0 Å². The van der Waals surface area contributed by atoms with Gasteiger partial charge in [0.1, 0.15) is 0 Å². The molecule has 1 aromatic carbocycles. The Morgan fingerprint density at radius 3 is 2.75 bits per heavy atom. The molecule has 1 aromatic rings. The number of benzene rings is 1. The van der Waals surface area contributed by atoms with Gasteiger partial charge in [0, 0.05) is 44.6 Å². The first-order valence-electron chi connectivity index (χ1n) is 10.6. The quantitative estimate of drug-likeness (QED) is 0.717. The third kappa shape index (κ3) is 5.32. The SMILES string of the molecule is CCCO[C@@H]1CC[C@H](C(=O)NCc2ccccc2CN2CCCC2=O)C[C@H]1N. The fraction of sp³-hybridized carbons (Fsp3) is 0.636. The molecule has 1 saturated carbocycles. The molecule has 1 aliphatic carbocycles. The van der Waals surface area contributed by atoms with Gasteiger partial charge < -0.3 is 20.7 Å². The van der Waals surface area contributed by atoms with Gasteiger partial charge in [-0.25, -0.2) is 0 Å². The van der Waals surface area contributed by atoms with Crippen molar-refractivity contribution in [1.29, 1.82) is 0 Å². The second kappa shape index (κ2) is 10.0. The van der Waals surface area contributed by atoms with Crippen molar-refractivity contribution < 1.29 is 14.3 Å². The van der Waals surface area contributed by atoms with Gasteiger partial charge in [-0.05, 0) is 43.2 Å². The number of rotatable bonds is 8. The van der Waals surface area contributed by atoms with Gasteiger partial charge in [-0.2, -0.15) is 0 Å². The molecule has 2 amide bonds. The minimum Gasteiger partial charge on any atom is -0.377 e. The molecule has 3 atom stereocenters. The number of nitrogens with one attached hydrogen (secondary N) is 1. The average molecular weight is 388 g/mol. The molecule has 0 spiro atoms. The maximum Gasteiger partial charge on any atom is 0.223 e. The minimum atomic E-state index is -0.0792. The molecule has 0 aromatic heterocycles. The molecule has 2 aliphatic rings. The molecule has 154 valence electrons. The predicted molar refractivity (Wildman–Crippen MR) is 108 cm³/mol. The van der Waals surface area contributed by atoms with Crippen LogP contribution < -0.4 is 11.1 Å². The Balaban J connectivity index is 1.52. The summed E-state index contributed by atoms with van der Waals surface area (Å²) in [5.74, 6) is 0.232. The van der Waals surface area contributed by atoms with E-state index in [1.54, 1.807) is 0 Å². The van der Waals surface area contributed by atoms with Gasteiger partial charge in [0.05, 0.1) is 6.10 Å². The fourth-order valence-corrected chi connectivity index (χ4v) is 4.18. The first kappa shape index (κ1) is 20.8. The van der Waals surface area contributed by atoms with Crippen LogP contribution in [0.4, 0.5) is 0 Å². The van der Waals surface area contributed by atoms with E-state index in [9.17, 15) is 9.59 Å². The van der Waals surface area contributed by atoms with Gasteiger partial charge in [-0.3, -0.25) is 9.59 Å². The van der Waals surface area contributed by atoms with E-state index in [1.165, 1.54) is 0 Å². The van der Waals surface area contributed by atoms with Crippen molar-refractivity contribution in [3.05, 3.63) is 35.4 Å². The Labute approximate surface area is 167 Å². The summed E-state index contributed by atoms with van der Waals surface area (Å²) in [5.41, 5.74) is 8.41. The Bertz CT molecular complexity index is 679. The zero-order valence-corrected chi connectivity index (χ0v) is 16.9. The minimum absolute atomic E-state index is 0.0520. The smallest absolute Gasteiger partial charge is 0.223 e. The van der Waals surface area contributed by atoms with E-state index < -0.39 is 0 Å². The number of nitrogens with zero attached hydrogens (tertiary/aromatic N) is 1. The molecule has 1 heterocycles. The van der Waals surface area contributed by atoms with Gasteiger partial charge in [-0.1, -0.05) is 31.2 Å². The highest BCUT2D eigenvalue weighted by Gasteiger charge is 2.32. The van der Waals surface area contributed by atoms with Crippen LogP contribution in [0.1, 0.15) is 56.6 Å². The second-order valence-corrected chi connectivity index (χ2v) is 7.99. The second-order valence-electron chi connectivity index (χ2n) is 7.99. The van der Waals surface area contributed by atoms with Crippen LogP contribution in [0.15, 0.2) is 24.3 Å². The average Bonchev–Trinajstić information content (AvgIpc) is 3.10. The first-order chi connectivity index (χ1) is 13.6. The summed E-state index contributed by atoms with van der Waals surface area (Å²) < 4.78 is 5.80. The molecule has 3 rings (SSSR count). The van der Waals surface area contributed by atoms with Gasteiger partial charge in [0.25, 0.3) is 0 Å². The summed E-state index contributed by atoms with van der Waals surface area (Å²) in [6, 6.07) is 7.95. The molecule has 28 heavy (non-hydrogen) atoms. The Morgan fingerprint density at radius 2 is 2.07 bits per heavy atom. The van der Waals surface area contributed by atoms with Crippen LogP contribution in [0, 0.1) is 5.92 Å². The van der Waals surface area contributed by atoms with E-state index in [0.717, 1.165) is 50.0 Å². The summed E-state index contributed by atoms with van der Waals surface area (Å²) >= 11 is 0. The van der Waals surface area contributed by atoms with E-state index >= 15 is 0 Å². The number of nitrogens with two attached hydrogens (primary N) is 1. The molecule has 6 nitrogen and oxygen atoms in total. The maximum atomic E-state index is 12.7. The van der Waals surface area contributed by atoms with Crippen molar-refractivity contribution in [1.82, 2.24) is 10.2 Å². The lowest BCUT2D eigenvalue weighted by Crippen LogP contribution is -2.46. The molecular weight excluding hydrogens is 354 g/mol. The van der Waals surface area contributed by atoms with Crippen LogP contribution in [-0.4, -0.2) is 42.0 Å². The highest BCUT2D eigenvalue weighted by atomic mass is 16.5. The Hall–Kier alpha value is -1.92. The molecule has 1 saturated heterocycles. The third-order valence-electron chi connectivity index (χ3n) is 5.84. The molecule has 0 bridgehead atoms. The summed E-state index contributed by atoms with van der Waals surface area (Å²) in [5, 5.41) is 3.08. The number of likely N-dealkylation sites (tertiary alicyclic amines) is 1. The number of hydrogen-bond acceptors (Lipinski definition) is 4. The monoisotopic (exact) mass is 387 g/mol. The van der Waals surface area contributed by atoms with E-state index in [1.807, 2.05) is 29.2 Å². The lowest BCUT2D eigenvalue weighted by Gasteiger charge is -2.33. The van der Waals surface area contributed by atoms with Crippen LogP contribution in [0.2, 0.25) is 0 Å². The molecule has 6 heteroatoms. The fourth-order valence-electron chi connectivity index (χ4n) is 4.18. The summed E-state index contributed by atoms with van der Waals surface area (Å²) in [6.45, 7) is 4.74. The van der Waals surface area contributed by atoms with Gasteiger partial charge in [0.2, 0.25) is 11.8 Å². The number of ether oxygens (including phenoxy) is 1. The third-order valence-corrected chi connectivity index (χ3v) is 5.84. The predicted octanol–water partition coefficient (Wildman–Crippen LogP) is 2.35. The van der Waals surface area contributed by atoms with Crippen LogP contribution in [0.5, 0.6) is 0 Å². The topological polar surface area (TPSA) is 84.7 Å². The Kier molecular flexibility index (Phi) is 7.45. The van der Waals surface area contributed by atoms with Crippen molar-refractivity contribution in [2.24, 2.45) is 11.7 Å². The van der Waals surface area contributed by atoms with Gasteiger partial charge in [-0.15, -0.1) is 0 Å². The summed E-state index contributed by atoms with van der Waals surface area (Å²) in [4.78, 5) is 26.5. The van der Waals surface area contributed by atoms with Crippen molar-refractivity contribution in [3.63, 3.8) is 0 Å². The lowest BCUT2D eigenvalue weighted by atomic mass is 9.83. The first-order valence-corrected chi connectivity index (χ1v) is 10.6. The number of hydrogen-bond donors (Lipinski definition) is 2. The van der Waals surface area contributed by atoms with Crippen LogP contribution in [0.3, 0.4) is 0 Å². The lowest BCUT2D eigenvalue weighted by molar-refractivity contribution is -0.128. The maximum absolute atomic E-state index is 12.7. The number of amides is 2. The van der Waals surface area contributed by atoms with E-state index in [0.29, 0.717) is 25.9 Å². The molecule has 0 unspecified atom stereocenters. The highest BCUT2D eigenvalue weighted by molar-refractivity contribution is 5.79. The van der Waals surface area contributed by atoms with Crippen molar-refractivity contribution in [2.45, 2.75) is 70.7 Å². The molecule has 1 aliphatic heterocycles. The molecule has 2 fully saturated rings. The number of carbonyl (C=O) groups is 2. The van der Waals surface area contributed by atoms with Crippen molar-refractivity contribution in [3.8, 4) is 0 Å². The summed E-state index contributed by atoms with van der Waals surface area (Å²) in [6.07, 6.45) is 4.96. The summed E-state index contributed by atoms with van der Waals surface area (Å²) in [7, 11) is 0. The highest BCUT2D eigenvalue weighted by Crippen LogP contribution is 2.26.